The number of hydrogen-bond donors (Lipinski definition) is 1. The molecule has 0 aliphatic carbocycles. The van der Waals surface area contributed by atoms with Crippen molar-refractivity contribution in [2.75, 3.05) is 13.2 Å². The van der Waals surface area contributed by atoms with Crippen molar-refractivity contribution in [1.29, 1.82) is 0 Å². The number of esters is 1. The zero-order valence-corrected chi connectivity index (χ0v) is 16.0. The normalized spacial score (nSPS) is 13.6. The highest BCUT2D eigenvalue weighted by molar-refractivity contribution is 7.97. The number of quaternary nitrogens is 1. The first-order chi connectivity index (χ1) is 12.7. The SMILES string of the molecule is C=C(C)C(=O)OCCCOc1ccc(S(=O)(=O)[NH+]([O-])S(=O)(=O)C(F)(F)F)cc1. The second-order valence-electron chi connectivity index (χ2n) is 5.29. The average molecular weight is 447 g/mol. The van der Waals surface area contributed by atoms with E-state index in [1.54, 1.807) is 0 Å². The molecule has 0 heterocycles. The molecule has 0 aromatic heterocycles. The lowest BCUT2D eigenvalue weighted by Gasteiger charge is -2.21. The zero-order chi connectivity index (χ0) is 21.8. The third kappa shape index (κ3) is 5.67. The molecule has 1 N–H and O–H groups in total. The monoisotopic (exact) mass is 447 g/mol. The summed E-state index contributed by atoms with van der Waals surface area (Å²) in [4.78, 5) is 10.2. The molecular formula is C14H16F3NO8S2. The minimum absolute atomic E-state index is 0.0297. The van der Waals surface area contributed by atoms with Crippen LogP contribution in [0.2, 0.25) is 0 Å². The van der Waals surface area contributed by atoms with Crippen LogP contribution in [0.25, 0.3) is 0 Å². The molecule has 158 valence electrons. The molecule has 9 nitrogen and oxygen atoms in total. The van der Waals surface area contributed by atoms with Gasteiger partial charge in [-0.25, -0.2) is 4.79 Å². The third-order valence-corrected chi connectivity index (χ3v) is 6.71. The fourth-order valence-electron chi connectivity index (χ4n) is 1.59. The quantitative estimate of drug-likeness (QED) is 0.251. The first-order valence-electron chi connectivity index (χ1n) is 7.37. The van der Waals surface area contributed by atoms with E-state index in [9.17, 15) is 40.0 Å². The van der Waals surface area contributed by atoms with Crippen molar-refractivity contribution in [3.05, 3.63) is 41.6 Å². The fourth-order valence-corrected chi connectivity index (χ4v) is 4.19. The smallest absolute Gasteiger partial charge is 0.550 e. The number of sulfonamides is 2. The van der Waals surface area contributed by atoms with Crippen LogP contribution in [0.3, 0.4) is 0 Å². The van der Waals surface area contributed by atoms with Crippen LogP contribution in [0.4, 0.5) is 13.2 Å². The van der Waals surface area contributed by atoms with Crippen molar-refractivity contribution in [3.8, 4) is 5.75 Å². The molecule has 0 saturated carbocycles. The Morgan fingerprint density at radius 3 is 2.14 bits per heavy atom. The highest BCUT2D eigenvalue weighted by atomic mass is 32.3. The number of carbonyl (C=O) groups excluding carboxylic acids is 1. The number of ether oxygens (including phenoxy) is 2. The molecule has 0 bridgehead atoms. The van der Waals surface area contributed by atoms with Crippen molar-refractivity contribution in [1.82, 2.24) is 0 Å². The van der Waals surface area contributed by atoms with E-state index in [2.05, 4.69) is 6.58 Å². The van der Waals surface area contributed by atoms with Gasteiger partial charge in [-0.1, -0.05) is 6.58 Å². The van der Waals surface area contributed by atoms with Gasteiger partial charge in [-0.15, -0.1) is 3.87 Å². The Bertz CT molecular complexity index is 924. The van der Waals surface area contributed by atoms with Gasteiger partial charge in [0, 0.05) is 12.0 Å². The van der Waals surface area contributed by atoms with E-state index >= 15 is 0 Å². The molecule has 1 atom stereocenters. The molecular weight excluding hydrogens is 431 g/mol. The molecule has 1 aromatic carbocycles. The molecule has 1 rings (SSSR count). The lowest BCUT2D eigenvalue weighted by molar-refractivity contribution is -0.555. The molecule has 1 aromatic rings. The van der Waals surface area contributed by atoms with Gasteiger partial charge in [-0.05, 0) is 31.2 Å². The molecule has 14 heteroatoms. The number of nitrogens with one attached hydrogen (secondary N) is 1. The van der Waals surface area contributed by atoms with Gasteiger partial charge < -0.3 is 14.7 Å². The van der Waals surface area contributed by atoms with Crippen molar-refractivity contribution >= 4 is 26.0 Å². The maximum absolute atomic E-state index is 12.4. The average Bonchev–Trinajstić information content (AvgIpc) is 2.59. The predicted molar refractivity (Wildman–Crippen MR) is 88.8 cm³/mol. The van der Waals surface area contributed by atoms with Crippen LogP contribution >= 0.6 is 0 Å². The van der Waals surface area contributed by atoms with Gasteiger partial charge in [0.1, 0.15) is 10.6 Å². The van der Waals surface area contributed by atoms with Gasteiger partial charge in [-0.3, -0.25) is 0 Å². The minimum Gasteiger partial charge on any atom is -0.602 e. The summed E-state index contributed by atoms with van der Waals surface area (Å²) < 4.78 is 89.8. The van der Waals surface area contributed by atoms with Crippen LogP contribution in [0.1, 0.15) is 13.3 Å². The lowest BCUT2D eigenvalue weighted by atomic mass is 10.3. The van der Waals surface area contributed by atoms with Gasteiger partial charge >= 0.3 is 31.5 Å². The number of hydrogen-bond acceptors (Lipinski definition) is 8. The number of rotatable bonds is 9. The van der Waals surface area contributed by atoms with Crippen molar-refractivity contribution in [3.63, 3.8) is 0 Å². The maximum Gasteiger partial charge on any atom is 0.550 e. The molecule has 0 aliphatic heterocycles. The van der Waals surface area contributed by atoms with Crippen LogP contribution in [0, 0.1) is 5.21 Å². The molecule has 0 saturated heterocycles. The molecule has 0 fully saturated rings. The lowest BCUT2D eigenvalue weighted by Crippen LogP contribution is -3.12. The fraction of sp³-hybridized carbons (Fsp3) is 0.357. The van der Waals surface area contributed by atoms with Gasteiger partial charge in [0.25, 0.3) is 0 Å². The topological polar surface area (TPSA) is 131 Å². The maximum atomic E-state index is 12.4. The summed E-state index contributed by atoms with van der Waals surface area (Å²) >= 11 is 0. The van der Waals surface area contributed by atoms with Crippen molar-refractivity contribution in [2.45, 2.75) is 23.7 Å². The highest BCUT2D eigenvalue weighted by Gasteiger charge is 2.55. The van der Waals surface area contributed by atoms with E-state index in [0.717, 1.165) is 24.3 Å². The Balaban J connectivity index is 2.74. The number of halogens is 3. The van der Waals surface area contributed by atoms with Gasteiger partial charge in [0.2, 0.25) is 0 Å². The van der Waals surface area contributed by atoms with Crippen LogP contribution < -0.4 is 8.61 Å². The summed E-state index contributed by atoms with van der Waals surface area (Å²) in [6, 6.07) is 3.52. The van der Waals surface area contributed by atoms with E-state index in [1.807, 2.05) is 0 Å². The first-order valence-corrected chi connectivity index (χ1v) is 10.3. The Morgan fingerprint density at radius 1 is 1.14 bits per heavy atom. The van der Waals surface area contributed by atoms with Gasteiger partial charge in [-0.2, -0.15) is 30.0 Å². The molecule has 0 radical (unpaired) electrons. The van der Waals surface area contributed by atoms with Gasteiger partial charge in [0.05, 0.1) is 13.2 Å². The largest absolute Gasteiger partial charge is 0.602 e. The molecule has 0 spiro atoms. The number of alkyl halides is 3. The number of benzene rings is 1. The Kier molecular flexibility index (Phi) is 7.59. The second kappa shape index (κ2) is 8.89. The summed E-state index contributed by atoms with van der Waals surface area (Å²) in [6.07, 6.45) is 0.279. The zero-order valence-electron chi connectivity index (χ0n) is 14.4. The standard InChI is InChI=1S/C14H16F3NO8S2/c1-10(2)13(19)26-9-3-8-25-11-4-6-12(7-5-11)27(21,22)18(20)28(23,24)14(15,16)17/h4-7,18H,1,3,8-9H2,2H3. The minimum atomic E-state index is -6.53. The van der Waals surface area contributed by atoms with Crippen LogP contribution in [-0.4, -0.2) is 41.5 Å². The summed E-state index contributed by atoms with van der Waals surface area (Å²) in [5.74, 6) is -0.482. The van der Waals surface area contributed by atoms with Crippen molar-refractivity contribution < 1.29 is 48.1 Å². The Morgan fingerprint density at radius 2 is 1.68 bits per heavy atom. The molecule has 28 heavy (non-hydrogen) atoms. The summed E-state index contributed by atoms with van der Waals surface area (Å²) in [5, 5.41) is 11.4. The molecule has 0 amide bonds. The van der Waals surface area contributed by atoms with E-state index in [0.29, 0.717) is 0 Å². The van der Waals surface area contributed by atoms with E-state index in [-0.39, 0.29) is 31.0 Å². The van der Waals surface area contributed by atoms with E-state index < -0.39 is 40.3 Å². The van der Waals surface area contributed by atoms with Crippen LogP contribution in [-0.2, 0) is 29.6 Å². The summed E-state index contributed by atoms with van der Waals surface area (Å²) in [5.41, 5.74) is -5.81. The Hall–Kier alpha value is -2.16. The van der Waals surface area contributed by atoms with Crippen molar-refractivity contribution in [2.24, 2.45) is 0 Å². The Labute approximate surface area is 159 Å². The van der Waals surface area contributed by atoms with Crippen LogP contribution in [0.5, 0.6) is 5.75 Å². The van der Waals surface area contributed by atoms with E-state index in [1.165, 1.54) is 6.92 Å². The highest BCUT2D eigenvalue weighted by Crippen LogP contribution is 2.21. The predicted octanol–water partition coefficient (Wildman–Crippen LogP) is 0.496. The third-order valence-electron chi connectivity index (χ3n) is 3.02. The van der Waals surface area contributed by atoms with E-state index in [4.69, 9.17) is 9.47 Å². The molecule has 0 aliphatic rings. The first kappa shape index (κ1) is 23.9. The summed E-state index contributed by atoms with van der Waals surface area (Å²) in [7, 11) is -11.9. The molecule has 1 unspecified atom stereocenters. The van der Waals surface area contributed by atoms with Crippen LogP contribution in [0.15, 0.2) is 41.3 Å². The van der Waals surface area contributed by atoms with Gasteiger partial charge in [0.15, 0.2) is 0 Å². The second-order valence-corrected chi connectivity index (χ2v) is 9.24. The number of carbonyl (C=O) groups is 1. The summed E-state index contributed by atoms with van der Waals surface area (Å²) in [6.45, 7) is 4.95.